The summed E-state index contributed by atoms with van der Waals surface area (Å²) in [6.07, 6.45) is -0.840. The number of esters is 1. The number of aliphatic hydroxyl groups excluding tert-OH is 1. The molecule has 2 aliphatic heterocycles. The highest BCUT2D eigenvalue weighted by molar-refractivity contribution is 7.15. The number of amides is 3. The second-order valence-electron chi connectivity index (χ2n) is 18.8. The maximum absolute atomic E-state index is 14.3. The molecule has 18 heteroatoms. The van der Waals surface area contributed by atoms with E-state index in [2.05, 4.69) is 39.7 Å². The summed E-state index contributed by atoms with van der Waals surface area (Å²) in [6, 6.07) is 18.2. The van der Waals surface area contributed by atoms with Crippen LogP contribution < -0.4 is 20.1 Å². The van der Waals surface area contributed by atoms with Crippen LogP contribution in [0.4, 0.5) is 0 Å². The number of likely N-dealkylation sites (tertiary alicyclic amines) is 1. The molecule has 6 aromatic rings. The van der Waals surface area contributed by atoms with E-state index in [1.54, 1.807) is 41.9 Å². The lowest BCUT2D eigenvalue weighted by Gasteiger charge is -2.35. The van der Waals surface area contributed by atoms with Crippen LogP contribution in [0.15, 0.2) is 77.2 Å². The van der Waals surface area contributed by atoms with Crippen LogP contribution in [0, 0.1) is 33.1 Å². The van der Waals surface area contributed by atoms with Gasteiger partial charge in [-0.05, 0) is 74.4 Å². The molecule has 3 amide bonds. The van der Waals surface area contributed by atoms with Crippen LogP contribution in [-0.2, 0) is 23.9 Å². The van der Waals surface area contributed by atoms with Gasteiger partial charge in [-0.15, -0.1) is 32.9 Å². The molecule has 1 fully saturated rings. The number of aliphatic imine (C=N–C) groups is 1. The van der Waals surface area contributed by atoms with Crippen LogP contribution >= 0.6 is 22.7 Å². The summed E-state index contributed by atoms with van der Waals surface area (Å²) in [4.78, 5) is 67.3. The molecule has 2 aliphatic rings. The van der Waals surface area contributed by atoms with Gasteiger partial charge in [-0.2, -0.15) is 0 Å². The molecule has 16 nitrogen and oxygen atoms in total. The second-order valence-corrected chi connectivity index (χ2v) is 20.8. The van der Waals surface area contributed by atoms with Gasteiger partial charge in [-0.3, -0.25) is 28.7 Å². The summed E-state index contributed by atoms with van der Waals surface area (Å²) in [5.74, 6) is 0.351. The molecule has 5 heterocycles. The number of aliphatic hydroxyl groups is 1. The van der Waals surface area contributed by atoms with Gasteiger partial charge in [0.2, 0.25) is 11.8 Å². The number of methoxy groups -OCH3 is 2. The molecule has 3 aromatic carbocycles. The van der Waals surface area contributed by atoms with Crippen molar-refractivity contribution < 1.29 is 38.5 Å². The van der Waals surface area contributed by atoms with Gasteiger partial charge in [-0.25, -0.2) is 4.98 Å². The van der Waals surface area contributed by atoms with Crippen LogP contribution in [0.3, 0.4) is 0 Å². The second kappa shape index (κ2) is 20.3. The number of fused-ring (bicyclic) bond motifs is 3. The number of carbonyl (C=O) groups excluding carboxylic acids is 4. The molecule has 0 spiro atoms. The predicted octanol–water partition coefficient (Wildman–Crippen LogP) is 7.57. The first-order valence-corrected chi connectivity index (χ1v) is 24.7. The number of carbonyl (C=O) groups is 4. The van der Waals surface area contributed by atoms with Crippen LogP contribution in [0.25, 0.3) is 26.6 Å². The smallest absolute Gasteiger partial charge is 0.308 e. The lowest BCUT2D eigenvalue weighted by Crippen LogP contribution is -2.58. The molecule has 1 saturated heterocycles. The molecule has 0 aliphatic carbocycles. The van der Waals surface area contributed by atoms with Crippen molar-refractivity contribution in [2.24, 2.45) is 10.4 Å². The van der Waals surface area contributed by atoms with E-state index < -0.39 is 54.0 Å². The van der Waals surface area contributed by atoms with Gasteiger partial charge >= 0.3 is 5.97 Å². The molecule has 0 saturated carbocycles. The molecule has 366 valence electrons. The molecule has 8 rings (SSSR count). The van der Waals surface area contributed by atoms with Crippen LogP contribution in [-0.4, -0.2) is 105 Å². The van der Waals surface area contributed by atoms with E-state index in [4.69, 9.17) is 19.2 Å². The van der Waals surface area contributed by atoms with E-state index in [1.807, 2.05) is 106 Å². The fourth-order valence-corrected chi connectivity index (χ4v) is 11.0. The summed E-state index contributed by atoms with van der Waals surface area (Å²) < 4.78 is 18.8. The molecule has 5 atom stereocenters. The van der Waals surface area contributed by atoms with E-state index in [-0.39, 0.29) is 31.3 Å². The van der Waals surface area contributed by atoms with E-state index in [0.717, 1.165) is 65.1 Å². The van der Waals surface area contributed by atoms with E-state index in [0.29, 0.717) is 23.1 Å². The Kier molecular flexibility index (Phi) is 14.4. The normalized spacial score (nSPS) is 17.4. The largest absolute Gasteiger partial charge is 0.496 e. The highest BCUT2D eigenvalue weighted by atomic mass is 32.1. The Bertz CT molecular complexity index is 2970. The summed E-state index contributed by atoms with van der Waals surface area (Å²) in [5.41, 5.74) is 9.20. The average Bonchev–Trinajstić information content (AvgIpc) is 4.11. The zero-order valence-corrected chi connectivity index (χ0v) is 42.6. The summed E-state index contributed by atoms with van der Waals surface area (Å²) in [7, 11) is 2.91. The molecule has 70 heavy (non-hydrogen) atoms. The van der Waals surface area contributed by atoms with Crippen LogP contribution in [0.2, 0.25) is 0 Å². The number of hydrogen-bond donors (Lipinski definition) is 3. The molecule has 0 bridgehead atoms. The fourth-order valence-electron chi connectivity index (χ4n) is 8.94. The first kappa shape index (κ1) is 49.7. The van der Waals surface area contributed by atoms with Crippen molar-refractivity contribution in [1.82, 2.24) is 35.3 Å². The number of nitrogens with one attached hydrogen (secondary N) is 2. The van der Waals surface area contributed by atoms with Gasteiger partial charge in [0, 0.05) is 40.6 Å². The summed E-state index contributed by atoms with van der Waals surface area (Å²) in [5, 5.41) is 26.4. The third-order valence-corrected chi connectivity index (χ3v) is 15.1. The topological polar surface area (TPSA) is 199 Å². The molecule has 3 aromatic heterocycles. The van der Waals surface area contributed by atoms with E-state index in [9.17, 15) is 24.3 Å². The third-order valence-electron chi connectivity index (χ3n) is 12.9. The average molecular weight is 987 g/mol. The first-order valence-electron chi connectivity index (χ1n) is 23.0. The van der Waals surface area contributed by atoms with Gasteiger partial charge in [0.25, 0.3) is 5.91 Å². The Morgan fingerprint density at radius 3 is 2.27 bits per heavy atom. The SMILES string of the molecule is COC(=O)C[C@@H]1N=C(c2ccc(-c3ccc(OCC(=O)NC(C(=O)N4C[C@H](O)C[C@H]4C(=O)N[C@@H](C)c4ccc(-c5scnc5C)cc4)C(C)(C)C)cc3OC)cc2)c2c(sc(C)c2C)-n2c(C)nnc21. The number of ether oxygens (including phenoxy) is 3. The number of nitrogens with zero attached hydrogens (tertiary/aromatic N) is 6. The third kappa shape index (κ3) is 10.1. The predicted molar refractivity (Wildman–Crippen MR) is 269 cm³/mol. The van der Waals surface area contributed by atoms with Gasteiger partial charge in [-0.1, -0.05) is 69.3 Å². The molecule has 1 unspecified atom stereocenters. The molecule has 3 N–H and O–H groups in total. The van der Waals surface area contributed by atoms with Gasteiger partial charge in [0.05, 0.1) is 54.6 Å². The van der Waals surface area contributed by atoms with E-state index in [1.165, 1.54) is 12.0 Å². The number of hydrogen-bond acceptors (Lipinski definition) is 14. The number of benzene rings is 3. The van der Waals surface area contributed by atoms with Gasteiger partial charge < -0.3 is 34.9 Å². The minimum Gasteiger partial charge on any atom is -0.496 e. The quantitative estimate of drug-likeness (QED) is 0.0910. The van der Waals surface area contributed by atoms with Crippen molar-refractivity contribution in [2.75, 3.05) is 27.4 Å². The van der Waals surface area contributed by atoms with Crippen molar-refractivity contribution in [3.8, 4) is 38.1 Å². The van der Waals surface area contributed by atoms with Crippen molar-refractivity contribution in [2.45, 2.75) is 98.5 Å². The minimum atomic E-state index is -1.03. The highest BCUT2D eigenvalue weighted by Crippen LogP contribution is 2.41. The Morgan fingerprint density at radius 1 is 0.914 bits per heavy atom. The fraction of sp³-hybridized carbons (Fsp3) is 0.385. The Balaban J connectivity index is 0.934. The minimum absolute atomic E-state index is 0.00206. The Labute approximate surface area is 415 Å². The lowest BCUT2D eigenvalue weighted by molar-refractivity contribution is -0.144. The maximum atomic E-state index is 14.3. The summed E-state index contributed by atoms with van der Waals surface area (Å²) in [6.45, 7) is 14.9. The first-order chi connectivity index (χ1) is 33.4. The highest BCUT2D eigenvalue weighted by Gasteiger charge is 2.45. The van der Waals surface area contributed by atoms with Gasteiger partial charge in [0.15, 0.2) is 12.4 Å². The molecular weight excluding hydrogens is 929 g/mol. The zero-order chi connectivity index (χ0) is 50.2. The van der Waals surface area contributed by atoms with Crippen LogP contribution in [0.5, 0.6) is 11.5 Å². The molecule has 0 radical (unpaired) electrons. The van der Waals surface area contributed by atoms with Crippen LogP contribution in [0.1, 0.15) is 97.1 Å². The maximum Gasteiger partial charge on any atom is 0.308 e. The monoisotopic (exact) mass is 986 g/mol. The standard InChI is InChI=1S/C52H58N8O8S2/c1-27-30(4)70-51-44(27)45(55-39(23-43(63)67-10)48-58-57-31(5)60(48)51)34-15-13-33(14-16-34)38-20-19-37(22-41(38)66-9)68-25-42(62)56-47(52(6,7)8)50(65)59-24-36(61)21-40(59)49(64)54-28(2)32-11-17-35(18-12-32)46-29(3)53-26-69-46/h11-20,22,26,28,36,39-40,47,61H,21,23-25H2,1-10H3,(H,54,64)(H,56,62)/t28-,36+,39-,40-,47?/m0/s1. The van der Waals surface area contributed by atoms with Crippen molar-refractivity contribution in [3.05, 3.63) is 117 Å². The number of aryl methyl sites for hydroxylation is 3. The van der Waals surface area contributed by atoms with Crippen molar-refractivity contribution in [1.29, 1.82) is 0 Å². The number of thiophene rings is 1. The number of β-amino-alcohol motifs (C(OH)–C–C–N with tert-alkyl or cyclic N) is 1. The summed E-state index contributed by atoms with van der Waals surface area (Å²) >= 11 is 3.20. The molecular formula is C52H58N8O8S2. The number of thiazole rings is 1. The van der Waals surface area contributed by atoms with E-state index >= 15 is 0 Å². The number of rotatable bonds is 14. The zero-order valence-electron chi connectivity index (χ0n) is 40.9. The Morgan fingerprint density at radius 2 is 1.61 bits per heavy atom. The van der Waals surface area contributed by atoms with Crippen molar-refractivity contribution >= 4 is 52.1 Å². The Hall–Kier alpha value is -6.76. The van der Waals surface area contributed by atoms with Gasteiger partial charge in [0.1, 0.15) is 40.5 Å². The lowest BCUT2D eigenvalue weighted by atomic mass is 9.85. The van der Waals surface area contributed by atoms with Crippen molar-refractivity contribution in [3.63, 3.8) is 0 Å². The number of aromatic nitrogens is 4.